The summed E-state index contributed by atoms with van der Waals surface area (Å²) in [5, 5.41) is 1.24. The Kier molecular flexibility index (Phi) is 2.79. The minimum absolute atomic E-state index is 0.556. The molecule has 0 N–H and O–H groups in total. The molecule has 0 saturated carbocycles. The average Bonchev–Trinajstić information content (AvgIpc) is 2.55. The maximum atomic E-state index is 6.83. The molecule has 1 heterocycles. The van der Waals surface area contributed by atoms with Crippen molar-refractivity contribution in [1.82, 2.24) is 4.57 Å². The van der Waals surface area contributed by atoms with Crippen LogP contribution >= 0.6 is 15.9 Å². The first-order valence-corrected chi connectivity index (χ1v) is 5.59. The molecule has 3 heteroatoms. The molecule has 15 heavy (non-hydrogen) atoms. The van der Waals surface area contributed by atoms with Crippen molar-refractivity contribution in [3.05, 3.63) is 45.8 Å². The number of hydrogen-bond donors (Lipinski definition) is 0. The Bertz CT molecular complexity index is 534. The molecular formula is C12H11BrN2. The maximum absolute atomic E-state index is 6.83. The molecule has 1 aromatic heterocycles. The summed E-state index contributed by atoms with van der Waals surface area (Å²) in [5.41, 5.74) is 2.46. The summed E-state index contributed by atoms with van der Waals surface area (Å²) in [5.74, 6) is 0. The van der Waals surface area contributed by atoms with Crippen molar-refractivity contribution < 1.29 is 0 Å². The number of aromatic nitrogens is 1. The smallest absolute Gasteiger partial charge is 0.218 e. The van der Waals surface area contributed by atoms with E-state index in [4.69, 9.17) is 6.57 Å². The highest BCUT2D eigenvalue weighted by atomic mass is 79.9. The lowest BCUT2D eigenvalue weighted by molar-refractivity contribution is 0.950. The average molecular weight is 263 g/mol. The van der Waals surface area contributed by atoms with Gasteiger partial charge in [-0.1, -0.05) is 22.0 Å². The van der Waals surface area contributed by atoms with Gasteiger partial charge in [0.1, 0.15) is 0 Å². The third kappa shape index (κ3) is 1.78. The molecule has 0 bridgehead atoms. The zero-order chi connectivity index (χ0) is 10.8. The van der Waals surface area contributed by atoms with Crippen LogP contribution in [0.15, 0.2) is 28.9 Å². The quantitative estimate of drug-likeness (QED) is 0.734. The summed E-state index contributed by atoms with van der Waals surface area (Å²) in [6, 6.07) is 6.18. The molecular weight excluding hydrogens is 252 g/mol. The Balaban J connectivity index is 2.60. The van der Waals surface area contributed by atoms with Crippen molar-refractivity contribution in [3.63, 3.8) is 0 Å². The van der Waals surface area contributed by atoms with Gasteiger partial charge in [0, 0.05) is 35.0 Å². The Hall–Kier alpha value is -1.27. The van der Waals surface area contributed by atoms with Gasteiger partial charge in [0.05, 0.1) is 0 Å². The van der Waals surface area contributed by atoms with Gasteiger partial charge >= 0.3 is 0 Å². The zero-order valence-electron chi connectivity index (χ0n) is 8.50. The van der Waals surface area contributed by atoms with Gasteiger partial charge in [-0.25, -0.2) is 6.57 Å². The second-order valence-electron chi connectivity index (χ2n) is 3.53. The van der Waals surface area contributed by atoms with Gasteiger partial charge in [-0.2, -0.15) is 0 Å². The Labute approximate surface area is 97.5 Å². The predicted molar refractivity (Wildman–Crippen MR) is 65.8 cm³/mol. The van der Waals surface area contributed by atoms with Gasteiger partial charge in [-0.05, 0) is 17.7 Å². The molecule has 0 saturated heterocycles. The second-order valence-corrected chi connectivity index (χ2v) is 4.39. The first-order chi connectivity index (χ1) is 7.24. The van der Waals surface area contributed by atoms with Crippen LogP contribution in [0.25, 0.3) is 15.7 Å². The molecule has 0 aliphatic heterocycles. The van der Waals surface area contributed by atoms with Gasteiger partial charge < -0.3 is 9.41 Å². The molecule has 0 atom stereocenters. The highest BCUT2D eigenvalue weighted by Crippen LogP contribution is 2.28. The molecule has 2 rings (SSSR count). The molecule has 2 aromatic rings. The fraction of sp³-hybridized carbons (Fsp3) is 0.250. The molecule has 0 spiro atoms. The summed E-state index contributed by atoms with van der Waals surface area (Å²) >= 11 is 3.56. The number of hydrogen-bond acceptors (Lipinski definition) is 0. The summed E-state index contributed by atoms with van der Waals surface area (Å²) < 4.78 is 3.22. The van der Waals surface area contributed by atoms with Crippen LogP contribution in [-0.4, -0.2) is 11.1 Å². The van der Waals surface area contributed by atoms with Gasteiger partial charge in [0.2, 0.25) is 6.54 Å². The lowest BCUT2D eigenvalue weighted by Gasteiger charge is -1.97. The monoisotopic (exact) mass is 262 g/mol. The van der Waals surface area contributed by atoms with E-state index in [1.807, 2.05) is 19.2 Å². The van der Waals surface area contributed by atoms with Crippen LogP contribution in [0, 0.1) is 6.57 Å². The van der Waals surface area contributed by atoms with Gasteiger partial charge in [-0.15, -0.1) is 0 Å². The van der Waals surface area contributed by atoms with Crippen LogP contribution in [0.4, 0.5) is 0 Å². The summed E-state index contributed by atoms with van der Waals surface area (Å²) in [7, 11) is 2.04. The molecule has 0 fully saturated rings. The van der Waals surface area contributed by atoms with Crippen LogP contribution in [0.2, 0.25) is 0 Å². The molecule has 0 unspecified atom stereocenters. The normalized spacial score (nSPS) is 10.5. The largest absolute Gasteiger partial charge is 0.350 e. The van der Waals surface area contributed by atoms with Crippen LogP contribution in [-0.2, 0) is 13.5 Å². The Morgan fingerprint density at radius 3 is 3.00 bits per heavy atom. The maximum Gasteiger partial charge on any atom is 0.218 e. The third-order valence-corrected chi connectivity index (χ3v) is 3.20. The number of fused-ring (bicyclic) bond motifs is 1. The van der Waals surface area contributed by atoms with E-state index in [0.29, 0.717) is 6.54 Å². The first-order valence-electron chi connectivity index (χ1n) is 4.79. The van der Waals surface area contributed by atoms with E-state index in [9.17, 15) is 0 Å². The highest BCUT2D eigenvalue weighted by molar-refractivity contribution is 9.10. The number of rotatable bonds is 2. The minimum Gasteiger partial charge on any atom is -0.350 e. The highest BCUT2D eigenvalue weighted by Gasteiger charge is 2.09. The minimum atomic E-state index is 0.556. The number of aryl methyl sites for hydroxylation is 1. The van der Waals surface area contributed by atoms with Crippen molar-refractivity contribution in [2.75, 3.05) is 6.54 Å². The van der Waals surface area contributed by atoms with E-state index in [1.54, 1.807) is 0 Å². The molecule has 2 nitrogen and oxygen atoms in total. The van der Waals surface area contributed by atoms with Gasteiger partial charge in [0.25, 0.3) is 0 Å². The summed E-state index contributed by atoms with van der Waals surface area (Å²) in [6.45, 7) is 7.38. The van der Waals surface area contributed by atoms with Gasteiger partial charge in [0.15, 0.2) is 0 Å². The van der Waals surface area contributed by atoms with Crippen molar-refractivity contribution in [2.45, 2.75) is 6.42 Å². The van der Waals surface area contributed by atoms with E-state index in [1.165, 1.54) is 16.5 Å². The van der Waals surface area contributed by atoms with Crippen molar-refractivity contribution >= 4 is 26.8 Å². The number of halogens is 1. The summed E-state index contributed by atoms with van der Waals surface area (Å²) in [6.07, 6.45) is 2.93. The van der Waals surface area contributed by atoms with E-state index in [0.717, 1.165) is 10.9 Å². The second kappa shape index (κ2) is 4.08. The van der Waals surface area contributed by atoms with Crippen LogP contribution in [0.3, 0.4) is 0 Å². The number of benzene rings is 1. The zero-order valence-corrected chi connectivity index (χ0v) is 10.1. The van der Waals surface area contributed by atoms with E-state index < -0.39 is 0 Å². The van der Waals surface area contributed by atoms with E-state index in [-0.39, 0.29) is 0 Å². The van der Waals surface area contributed by atoms with E-state index >= 15 is 0 Å². The standard InChI is InChI=1S/C12H11BrN2/c1-14-7-6-9-8-15(2)11-5-3-4-10(13)12(9)11/h3-5,8H,6-7H2,2H3. The lowest BCUT2D eigenvalue weighted by atomic mass is 10.1. The molecule has 0 radical (unpaired) electrons. The molecule has 0 aliphatic carbocycles. The van der Waals surface area contributed by atoms with Crippen molar-refractivity contribution in [3.8, 4) is 0 Å². The molecule has 1 aromatic carbocycles. The van der Waals surface area contributed by atoms with E-state index in [2.05, 4.69) is 37.6 Å². The molecule has 0 amide bonds. The third-order valence-electron chi connectivity index (χ3n) is 2.54. The predicted octanol–water partition coefficient (Wildman–Crippen LogP) is 3.40. The number of nitrogens with zero attached hydrogens (tertiary/aromatic N) is 2. The Morgan fingerprint density at radius 1 is 1.47 bits per heavy atom. The molecule has 0 aliphatic rings. The van der Waals surface area contributed by atoms with Crippen LogP contribution in [0.1, 0.15) is 5.56 Å². The lowest BCUT2D eigenvalue weighted by Crippen LogP contribution is -1.85. The van der Waals surface area contributed by atoms with Crippen LogP contribution in [0.5, 0.6) is 0 Å². The van der Waals surface area contributed by atoms with Crippen LogP contribution < -0.4 is 0 Å². The first kappa shape index (κ1) is 10.3. The fourth-order valence-corrected chi connectivity index (χ4v) is 2.47. The Morgan fingerprint density at radius 2 is 2.27 bits per heavy atom. The molecule has 76 valence electrons. The van der Waals surface area contributed by atoms with Crippen molar-refractivity contribution in [1.29, 1.82) is 0 Å². The SMILES string of the molecule is [C-]#[N+]CCc1cn(C)c2cccc(Br)c12. The fourth-order valence-electron chi connectivity index (χ4n) is 1.86. The topological polar surface area (TPSA) is 9.29 Å². The van der Waals surface area contributed by atoms with Crippen molar-refractivity contribution in [2.24, 2.45) is 7.05 Å². The van der Waals surface area contributed by atoms with Gasteiger partial charge in [-0.3, -0.25) is 0 Å². The summed E-state index contributed by atoms with van der Waals surface area (Å²) in [4.78, 5) is 3.40.